The monoisotopic (exact) mass is 389 g/mol. The second-order valence-electron chi connectivity index (χ2n) is 8.77. The normalized spacial score (nSPS) is 25.1. The Morgan fingerprint density at radius 1 is 1.00 bits per heavy atom. The van der Waals surface area contributed by atoms with Crippen molar-refractivity contribution in [2.75, 3.05) is 39.3 Å². The first-order valence-corrected chi connectivity index (χ1v) is 11.2. The zero-order chi connectivity index (χ0) is 19.5. The minimum absolute atomic E-state index is 0.0320. The molecule has 1 aromatic rings. The van der Waals surface area contributed by atoms with E-state index in [9.17, 15) is 9.90 Å². The van der Waals surface area contributed by atoms with Gasteiger partial charge in [-0.05, 0) is 70.7 Å². The van der Waals surface area contributed by atoms with Crippen LogP contribution in [-0.2, 0) is 0 Å². The summed E-state index contributed by atoms with van der Waals surface area (Å²) in [6.07, 6.45) is 7.48. The van der Waals surface area contributed by atoms with Crippen molar-refractivity contribution >= 4 is 5.91 Å². The summed E-state index contributed by atoms with van der Waals surface area (Å²) in [6, 6.07) is 4.62. The summed E-state index contributed by atoms with van der Waals surface area (Å²) in [5, 5.41) is 9.70. The molecule has 0 unspecified atom stereocenters. The van der Waals surface area contributed by atoms with Crippen LogP contribution in [0.5, 0.6) is 0 Å². The van der Waals surface area contributed by atoms with Crippen molar-refractivity contribution < 1.29 is 14.3 Å². The second-order valence-corrected chi connectivity index (χ2v) is 8.77. The van der Waals surface area contributed by atoms with Gasteiger partial charge in [0.15, 0.2) is 5.76 Å². The summed E-state index contributed by atoms with van der Waals surface area (Å²) in [5.74, 6) is 1.43. The first-order chi connectivity index (χ1) is 13.6. The fourth-order valence-electron chi connectivity index (χ4n) is 5.02. The van der Waals surface area contributed by atoms with Gasteiger partial charge in [0.2, 0.25) is 0 Å². The highest BCUT2D eigenvalue weighted by Gasteiger charge is 2.31. The molecule has 28 heavy (non-hydrogen) atoms. The van der Waals surface area contributed by atoms with E-state index in [0.717, 1.165) is 70.7 Å². The third kappa shape index (κ3) is 4.44. The number of carbonyl (C=O) groups is 1. The van der Waals surface area contributed by atoms with E-state index in [0.29, 0.717) is 11.8 Å². The number of rotatable bonds is 4. The topological polar surface area (TPSA) is 60.2 Å². The van der Waals surface area contributed by atoms with Crippen molar-refractivity contribution in [2.24, 2.45) is 0 Å². The standard InChI is InChI=1S/C22H35N3O3/c1-17(23-11-3-2-4-12-23)20-5-6-21(28-20)22(27)25-13-7-18(8-14-25)24-15-9-19(26)10-16-24/h5-6,17-19,26H,2-4,7-16H2,1H3/t17-/m1/s1. The Labute approximate surface area is 168 Å². The van der Waals surface area contributed by atoms with Crippen LogP contribution in [0.1, 0.15) is 74.2 Å². The third-order valence-corrected chi connectivity index (χ3v) is 6.95. The molecule has 1 amide bonds. The summed E-state index contributed by atoms with van der Waals surface area (Å²) in [4.78, 5) is 19.8. The minimum Gasteiger partial charge on any atom is -0.454 e. The molecule has 3 aliphatic rings. The van der Waals surface area contributed by atoms with Gasteiger partial charge < -0.3 is 19.3 Å². The molecule has 1 atom stereocenters. The van der Waals surface area contributed by atoms with Crippen LogP contribution in [-0.4, -0.2) is 77.1 Å². The Morgan fingerprint density at radius 2 is 1.68 bits per heavy atom. The van der Waals surface area contributed by atoms with Crippen LogP contribution in [0.3, 0.4) is 0 Å². The molecule has 3 aliphatic heterocycles. The summed E-state index contributed by atoms with van der Waals surface area (Å²) >= 11 is 0. The number of amides is 1. The smallest absolute Gasteiger partial charge is 0.289 e. The van der Waals surface area contributed by atoms with E-state index in [4.69, 9.17) is 4.42 Å². The molecule has 6 heteroatoms. The summed E-state index contributed by atoms with van der Waals surface area (Å²) in [7, 11) is 0. The van der Waals surface area contributed by atoms with E-state index in [1.807, 2.05) is 17.0 Å². The molecule has 3 saturated heterocycles. The predicted octanol–water partition coefficient (Wildman–Crippen LogP) is 2.89. The fourth-order valence-corrected chi connectivity index (χ4v) is 5.02. The van der Waals surface area contributed by atoms with E-state index in [1.165, 1.54) is 19.3 Å². The summed E-state index contributed by atoms with van der Waals surface area (Å²) in [6.45, 7) is 7.96. The van der Waals surface area contributed by atoms with Gasteiger partial charge in [-0.25, -0.2) is 0 Å². The zero-order valence-corrected chi connectivity index (χ0v) is 17.2. The largest absolute Gasteiger partial charge is 0.454 e. The molecule has 0 saturated carbocycles. The van der Waals surface area contributed by atoms with Gasteiger partial charge in [0.25, 0.3) is 5.91 Å². The number of carbonyl (C=O) groups excluding carboxylic acids is 1. The molecule has 3 fully saturated rings. The number of aliphatic hydroxyl groups is 1. The maximum absolute atomic E-state index is 12.9. The molecule has 1 N–H and O–H groups in total. The third-order valence-electron chi connectivity index (χ3n) is 6.95. The van der Waals surface area contributed by atoms with Crippen LogP contribution in [0.4, 0.5) is 0 Å². The van der Waals surface area contributed by atoms with Crippen LogP contribution in [0.2, 0.25) is 0 Å². The second kappa shape index (κ2) is 8.97. The summed E-state index contributed by atoms with van der Waals surface area (Å²) in [5.41, 5.74) is 0. The van der Waals surface area contributed by atoms with Gasteiger partial charge >= 0.3 is 0 Å². The van der Waals surface area contributed by atoms with Gasteiger partial charge in [-0.3, -0.25) is 9.69 Å². The molecule has 0 aromatic carbocycles. The lowest BCUT2D eigenvalue weighted by atomic mass is 9.99. The van der Waals surface area contributed by atoms with Gasteiger partial charge in [0.1, 0.15) is 5.76 Å². The molecule has 0 spiro atoms. The average Bonchev–Trinajstić information content (AvgIpc) is 3.24. The van der Waals surface area contributed by atoms with Gasteiger partial charge in [-0.2, -0.15) is 0 Å². The molecule has 4 rings (SSSR count). The number of piperidine rings is 3. The lowest BCUT2D eigenvalue weighted by Crippen LogP contribution is -2.49. The van der Waals surface area contributed by atoms with Crippen LogP contribution < -0.4 is 0 Å². The van der Waals surface area contributed by atoms with E-state index >= 15 is 0 Å². The number of aliphatic hydroxyl groups excluding tert-OH is 1. The first-order valence-electron chi connectivity index (χ1n) is 11.2. The van der Waals surface area contributed by atoms with E-state index in [2.05, 4.69) is 16.7 Å². The van der Waals surface area contributed by atoms with Gasteiger partial charge in [0.05, 0.1) is 12.1 Å². The minimum atomic E-state index is -0.126. The maximum Gasteiger partial charge on any atom is 0.289 e. The van der Waals surface area contributed by atoms with Gasteiger partial charge in [-0.1, -0.05) is 6.42 Å². The molecular formula is C22H35N3O3. The predicted molar refractivity (Wildman–Crippen MR) is 108 cm³/mol. The lowest BCUT2D eigenvalue weighted by Gasteiger charge is -2.40. The first kappa shape index (κ1) is 19.9. The number of nitrogens with zero attached hydrogens (tertiary/aromatic N) is 3. The lowest BCUT2D eigenvalue weighted by molar-refractivity contribution is 0.0345. The molecule has 0 radical (unpaired) electrons. The van der Waals surface area contributed by atoms with E-state index in [1.54, 1.807) is 0 Å². The van der Waals surface area contributed by atoms with Crippen molar-refractivity contribution in [1.82, 2.24) is 14.7 Å². The van der Waals surface area contributed by atoms with E-state index < -0.39 is 0 Å². The van der Waals surface area contributed by atoms with Crippen molar-refractivity contribution in [3.63, 3.8) is 0 Å². The van der Waals surface area contributed by atoms with Gasteiger partial charge in [-0.15, -0.1) is 0 Å². The Morgan fingerprint density at radius 3 is 2.36 bits per heavy atom. The fraction of sp³-hybridized carbons (Fsp3) is 0.773. The number of furan rings is 1. The highest BCUT2D eigenvalue weighted by Crippen LogP contribution is 2.27. The highest BCUT2D eigenvalue weighted by molar-refractivity contribution is 5.91. The van der Waals surface area contributed by atoms with E-state index in [-0.39, 0.29) is 18.1 Å². The maximum atomic E-state index is 12.9. The highest BCUT2D eigenvalue weighted by atomic mass is 16.4. The average molecular weight is 390 g/mol. The van der Waals surface area contributed by atoms with Crippen LogP contribution in [0.25, 0.3) is 0 Å². The number of hydrogen-bond donors (Lipinski definition) is 1. The summed E-state index contributed by atoms with van der Waals surface area (Å²) < 4.78 is 6.00. The molecule has 0 aliphatic carbocycles. The molecule has 0 bridgehead atoms. The van der Waals surface area contributed by atoms with Crippen LogP contribution >= 0.6 is 0 Å². The van der Waals surface area contributed by atoms with Crippen LogP contribution in [0.15, 0.2) is 16.5 Å². The molecule has 1 aromatic heterocycles. The Kier molecular flexibility index (Phi) is 6.38. The van der Waals surface area contributed by atoms with Crippen molar-refractivity contribution in [2.45, 2.75) is 70.1 Å². The van der Waals surface area contributed by atoms with Crippen molar-refractivity contribution in [3.8, 4) is 0 Å². The quantitative estimate of drug-likeness (QED) is 0.858. The SMILES string of the molecule is C[C@H](c1ccc(C(=O)N2CCC(N3CCC(O)CC3)CC2)o1)N1CCCCC1. The Bertz CT molecular complexity index is 639. The van der Waals surface area contributed by atoms with Crippen LogP contribution in [0, 0.1) is 0 Å². The van der Waals surface area contributed by atoms with Crippen molar-refractivity contribution in [3.05, 3.63) is 23.7 Å². The van der Waals surface area contributed by atoms with Crippen molar-refractivity contribution in [1.29, 1.82) is 0 Å². The Balaban J connectivity index is 1.30. The number of likely N-dealkylation sites (tertiary alicyclic amines) is 3. The Hall–Kier alpha value is -1.37. The molecule has 4 heterocycles. The molecule has 6 nitrogen and oxygen atoms in total. The van der Waals surface area contributed by atoms with Gasteiger partial charge in [0, 0.05) is 32.2 Å². The molecular weight excluding hydrogens is 354 g/mol. The molecule has 156 valence electrons. The number of hydrogen-bond acceptors (Lipinski definition) is 5. The zero-order valence-electron chi connectivity index (χ0n) is 17.2.